The largest absolute Gasteiger partial charge is 0.337 e. The molecule has 128 valence electrons. The second-order valence-corrected chi connectivity index (χ2v) is 6.31. The highest BCUT2D eigenvalue weighted by molar-refractivity contribution is 5.94. The number of aromatic nitrogens is 6. The topological polar surface area (TPSA) is 81.7 Å². The summed E-state index contributed by atoms with van der Waals surface area (Å²) in [6.45, 7) is 3.46. The summed E-state index contributed by atoms with van der Waals surface area (Å²) in [6, 6.07) is 5.92. The Morgan fingerprint density at radius 3 is 2.92 bits per heavy atom. The van der Waals surface area contributed by atoms with E-state index in [1.165, 1.54) is 0 Å². The van der Waals surface area contributed by atoms with Crippen molar-refractivity contribution in [2.24, 2.45) is 0 Å². The van der Waals surface area contributed by atoms with Gasteiger partial charge in [-0.2, -0.15) is 0 Å². The lowest BCUT2D eigenvalue weighted by atomic mass is 10.0. The van der Waals surface area contributed by atoms with Gasteiger partial charge in [0.25, 0.3) is 5.91 Å². The molecule has 1 saturated heterocycles. The first kappa shape index (κ1) is 15.5. The van der Waals surface area contributed by atoms with Crippen molar-refractivity contribution in [1.29, 1.82) is 0 Å². The number of likely N-dealkylation sites (tertiary alicyclic amines) is 1. The molecule has 1 aliphatic rings. The molecule has 8 nitrogen and oxygen atoms in total. The summed E-state index contributed by atoms with van der Waals surface area (Å²) < 4.78 is 3.69. The van der Waals surface area contributed by atoms with Crippen molar-refractivity contribution in [3.05, 3.63) is 54.4 Å². The SMILES string of the molecule is Cc1cc(C(=O)N2CCC[C@H](n3ccnc3)C2)ccc1-n1cnnn1. The van der Waals surface area contributed by atoms with Crippen molar-refractivity contribution in [1.82, 2.24) is 34.7 Å². The number of hydrogen-bond acceptors (Lipinski definition) is 5. The first-order valence-corrected chi connectivity index (χ1v) is 8.33. The average molecular weight is 337 g/mol. The maximum absolute atomic E-state index is 12.9. The van der Waals surface area contributed by atoms with Gasteiger partial charge in [-0.15, -0.1) is 5.10 Å². The molecule has 1 aliphatic heterocycles. The number of aryl methyl sites for hydroxylation is 1. The molecule has 2 aromatic heterocycles. The Bertz CT molecular complexity index is 857. The number of benzene rings is 1. The highest BCUT2D eigenvalue weighted by Gasteiger charge is 2.25. The van der Waals surface area contributed by atoms with Crippen LogP contribution < -0.4 is 0 Å². The third kappa shape index (κ3) is 3.02. The lowest BCUT2D eigenvalue weighted by Crippen LogP contribution is -2.40. The van der Waals surface area contributed by atoms with Crippen LogP contribution in [0, 0.1) is 6.92 Å². The van der Waals surface area contributed by atoms with E-state index in [0.29, 0.717) is 18.2 Å². The lowest BCUT2D eigenvalue weighted by Gasteiger charge is -2.33. The van der Waals surface area contributed by atoms with Crippen molar-refractivity contribution < 1.29 is 4.79 Å². The molecule has 0 saturated carbocycles. The van der Waals surface area contributed by atoms with Crippen molar-refractivity contribution in [3.63, 3.8) is 0 Å². The minimum absolute atomic E-state index is 0.0659. The zero-order valence-corrected chi connectivity index (χ0v) is 14.0. The molecule has 1 aromatic carbocycles. The van der Waals surface area contributed by atoms with Gasteiger partial charge in [0, 0.05) is 31.0 Å². The molecule has 0 radical (unpaired) electrons. The molecule has 0 unspecified atom stereocenters. The predicted octanol–water partition coefficient (Wildman–Crippen LogP) is 1.64. The van der Waals surface area contributed by atoms with Gasteiger partial charge in [0.1, 0.15) is 6.33 Å². The molecule has 3 aromatic rings. The Morgan fingerprint density at radius 2 is 2.20 bits per heavy atom. The summed E-state index contributed by atoms with van der Waals surface area (Å²) in [4.78, 5) is 19.0. The standard InChI is InChI=1S/C17H19N7O/c1-13-9-14(4-5-16(13)24-12-19-20-21-24)17(25)22-7-2-3-15(10-22)23-8-6-18-11-23/h4-6,8-9,11-12,15H,2-3,7,10H2,1H3/t15-/m0/s1. The summed E-state index contributed by atoms with van der Waals surface area (Å²) in [7, 11) is 0. The summed E-state index contributed by atoms with van der Waals surface area (Å²) >= 11 is 0. The quantitative estimate of drug-likeness (QED) is 0.726. The zero-order valence-electron chi connectivity index (χ0n) is 14.0. The fraction of sp³-hybridized carbons (Fsp3) is 0.353. The molecular formula is C17H19N7O. The third-order valence-electron chi connectivity index (χ3n) is 4.67. The molecular weight excluding hydrogens is 318 g/mol. The minimum Gasteiger partial charge on any atom is -0.337 e. The number of carbonyl (C=O) groups excluding carboxylic acids is 1. The van der Waals surface area contributed by atoms with Crippen LogP contribution in [0.2, 0.25) is 0 Å². The zero-order chi connectivity index (χ0) is 17.2. The van der Waals surface area contributed by atoms with Crippen LogP contribution in [0.15, 0.2) is 43.2 Å². The van der Waals surface area contributed by atoms with E-state index in [1.54, 1.807) is 17.2 Å². The number of piperidine rings is 1. The monoisotopic (exact) mass is 337 g/mol. The van der Waals surface area contributed by atoms with Gasteiger partial charge < -0.3 is 9.47 Å². The van der Waals surface area contributed by atoms with Crippen molar-refractivity contribution in [2.45, 2.75) is 25.8 Å². The fourth-order valence-electron chi connectivity index (χ4n) is 3.37. The number of nitrogens with zero attached hydrogens (tertiary/aromatic N) is 7. The molecule has 0 aliphatic carbocycles. The van der Waals surface area contributed by atoms with Gasteiger partial charge in [0.05, 0.1) is 18.1 Å². The smallest absolute Gasteiger partial charge is 0.253 e. The molecule has 0 spiro atoms. The average Bonchev–Trinajstić information content (AvgIpc) is 3.35. The molecule has 0 N–H and O–H groups in total. The number of hydrogen-bond donors (Lipinski definition) is 0. The molecule has 4 rings (SSSR count). The summed E-state index contributed by atoms with van der Waals surface area (Å²) in [6.07, 6.45) is 9.17. The number of amides is 1. The van der Waals surface area contributed by atoms with Crippen LogP contribution in [-0.2, 0) is 0 Å². The van der Waals surface area contributed by atoms with Crippen LogP contribution in [0.3, 0.4) is 0 Å². The second-order valence-electron chi connectivity index (χ2n) is 6.31. The number of imidazole rings is 1. The first-order chi connectivity index (χ1) is 12.2. The van der Waals surface area contributed by atoms with Crippen LogP contribution >= 0.6 is 0 Å². The molecule has 25 heavy (non-hydrogen) atoms. The van der Waals surface area contributed by atoms with Crippen LogP contribution in [0.1, 0.15) is 34.8 Å². The Hall–Kier alpha value is -3.03. The van der Waals surface area contributed by atoms with Crippen molar-refractivity contribution in [2.75, 3.05) is 13.1 Å². The fourth-order valence-corrected chi connectivity index (χ4v) is 3.37. The van der Waals surface area contributed by atoms with E-state index in [1.807, 2.05) is 42.5 Å². The van der Waals surface area contributed by atoms with Crippen LogP contribution in [0.25, 0.3) is 5.69 Å². The highest BCUT2D eigenvalue weighted by Crippen LogP contribution is 2.23. The van der Waals surface area contributed by atoms with Crippen LogP contribution in [0.5, 0.6) is 0 Å². The second kappa shape index (κ2) is 6.46. The molecule has 1 fully saturated rings. The summed E-state index contributed by atoms with van der Waals surface area (Å²) in [5.74, 6) is 0.0659. The number of rotatable bonds is 3. The van der Waals surface area contributed by atoms with E-state index in [0.717, 1.165) is 30.6 Å². The third-order valence-corrected chi connectivity index (χ3v) is 4.67. The van der Waals surface area contributed by atoms with Gasteiger partial charge in [0.2, 0.25) is 0 Å². The lowest BCUT2D eigenvalue weighted by molar-refractivity contribution is 0.0679. The predicted molar refractivity (Wildman–Crippen MR) is 90.3 cm³/mol. The number of tetrazole rings is 1. The van der Waals surface area contributed by atoms with Crippen molar-refractivity contribution in [3.8, 4) is 5.69 Å². The number of carbonyl (C=O) groups is 1. The Balaban J connectivity index is 1.53. The van der Waals surface area contributed by atoms with E-state index in [2.05, 4.69) is 25.1 Å². The maximum Gasteiger partial charge on any atom is 0.253 e. The van der Waals surface area contributed by atoms with Gasteiger partial charge >= 0.3 is 0 Å². The molecule has 0 bridgehead atoms. The first-order valence-electron chi connectivity index (χ1n) is 8.33. The highest BCUT2D eigenvalue weighted by atomic mass is 16.2. The normalized spacial score (nSPS) is 17.6. The molecule has 1 atom stereocenters. The van der Waals surface area contributed by atoms with Crippen molar-refractivity contribution >= 4 is 5.91 Å². The van der Waals surface area contributed by atoms with Crippen LogP contribution in [-0.4, -0.2) is 53.7 Å². The van der Waals surface area contributed by atoms with Gasteiger partial charge in [-0.25, -0.2) is 9.67 Å². The van der Waals surface area contributed by atoms with E-state index >= 15 is 0 Å². The molecule has 8 heteroatoms. The van der Waals surface area contributed by atoms with E-state index < -0.39 is 0 Å². The maximum atomic E-state index is 12.9. The molecule has 3 heterocycles. The van der Waals surface area contributed by atoms with Gasteiger partial charge in [-0.05, 0) is 54.0 Å². The molecule has 1 amide bonds. The van der Waals surface area contributed by atoms with Gasteiger partial charge in [-0.1, -0.05) is 0 Å². The van der Waals surface area contributed by atoms with Gasteiger partial charge in [0.15, 0.2) is 0 Å². The Morgan fingerprint density at radius 1 is 1.28 bits per heavy atom. The van der Waals surface area contributed by atoms with E-state index in [9.17, 15) is 4.79 Å². The van der Waals surface area contributed by atoms with Gasteiger partial charge in [-0.3, -0.25) is 4.79 Å². The Labute approximate surface area is 145 Å². The minimum atomic E-state index is 0.0659. The van der Waals surface area contributed by atoms with E-state index in [4.69, 9.17) is 0 Å². The summed E-state index contributed by atoms with van der Waals surface area (Å²) in [5.41, 5.74) is 2.53. The Kier molecular flexibility index (Phi) is 4.01. The summed E-state index contributed by atoms with van der Waals surface area (Å²) in [5, 5.41) is 11.2. The van der Waals surface area contributed by atoms with E-state index in [-0.39, 0.29) is 5.91 Å². The van der Waals surface area contributed by atoms with Crippen LogP contribution in [0.4, 0.5) is 0 Å².